The molecule has 2 heteroatoms. The van der Waals surface area contributed by atoms with E-state index in [0.717, 1.165) is 5.56 Å². The maximum absolute atomic E-state index is 10.8. The fourth-order valence-corrected chi connectivity index (χ4v) is 1.10. The summed E-state index contributed by atoms with van der Waals surface area (Å²) in [7, 11) is 0. The molecule has 0 bridgehead atoms. The van der Waals surface area contributed by atoms with E-state index in [0.29, 0.717) is 0 Å². The normalized spacial score (nSPS) is 8.88. The number of aryl methyl sites for hydroxylation is 1. The third kappa shape index (κ3) is 4.51. The van der Waals surface area contributed by atoms with Crippen molar-refractivity contribution < 1.29 is 4.79 Å². The number of hydrogen-bond donors (Lipinski definition) is 0. The Kier molecular flexibility index (Phi) is 4.93. The Morgan fingerprint density at radius 2 is 1.56 bits per heavy atom. The van der Waals surface area contributed by atoms with E-state index in [2.05, 4.69) is 4.98 Å². The molecule has 0 amide bonds. The van der Waals surface area contributed by atoms with Gasteiger partial charge in [-0.15, -0.1) is 0 Å². The first-order valence-electron chi connectivity index (χ1n) is 5.13. The third-order valence-electron chi connectivity index (χ3n) is 2.02. The molecular weight excluding hydrogens is 198 g/mol. The fourth-order valence-electron chi connectivity index (χ4n) is 1.10. The summed E-state index contributed by atoms with van der Waals surface area (Å²) < 4.78 is 0. The van der Waals surface area contributed by atoms with Gasteiger partial charge in [0.15, 0.2) is 5.78 Å². The van der Waals surface area contributed by atoms with Crippen LogP contribution in [0.25, 0.3) is 0 Å². The summed E-state index contributed by atoms with van der Waals surface area (Å²) in [6, 6.07) is 13.3. The molecule has 82 valence electrons. The topological polar surface area (TPSA) is 30.0 Å². The molecule has 2 aromatic rings. The van der Waals surface area contributed by atoms with Crippen molar-refractivity contribution in [3.05, 3.63) is 66.0 Å². The monoisotopic (exact) mass is 213 g/mol. The van der Waals surface area contributed by atoms with Crippen LogP contribution in [0.1, 0.15) is 22.8 Å². The van der Waals surface area contributed by atoms with Gasteiger partial charge in [-0.1, -0.05) is 35.9 Å². The highest BCUT2D eigenvalue weighted by Crippen LogP contribution is 2.02. The molecule has 1 aromatic heterocycles. The standard InChI is InChI=1S/C9H10O.C5H5N/c1-7-3-5-9(6-4-7)8(2)10;1-2-4-6-5-3-1/h3-6H,1-2H3;1-5H. The zero-order chi connectivity index (χ0) is 11.8. The number of nitrogens with zero attached hydrogens (tertiary/aromatic N) is 1. The minimum absolute atomic E-state index is 0.125. The van der Waals surface area contributed by atoms with Gasteiger partial charge >= 0.3 is 0 Å². The lowest BCUT2D eigenvalue weighted by Gasteiger charge is -1.93. The number of hydrogen-bond acceptors (Lipinski definition) is 2. The van der Waals surface area contributed by atoms with Crippen LogP contribution < -0.4 is 0 Å². The lowest BCUT2D eigenvalue weighted by Crippen LogP contribution is -1.90. The van der Waals surface area contributed by atoms with Gasteiger partial charge in [-0.05, 0) is 26.0 Å². The molecule has 0 aliphatic heterocycles. The number of aromatic nitrogens is 1. The minimum Gasteiger partial charge on any atom is -0.295 e. The number of carbonyl (C=O) groups excluding carboxylic acids is 1. The molecule has 0 atom stereocenters. The van der Waals surface area contributed by atoms with E-state index in [9.17, 15) is 4.79 Å². The second kappa shape index (κ2) is 6.51. The molecule has 1 aromatic carbocycles. The second-order valence-electron chi connectivity index (χ2n) is 3.45. The summed E-state index contributed by atoms with van der Waals surface area (Å²) in [5.74, 6) is 0.125. The fraction of sp³-hybridized carbons (Fsp3) is 0.143. The highest BCUT2D eigenvalue weighted by Gasteiger charge is 1.95. The maximum Gasteiger partial charge on any atom is 0.159 e. The minimum atomic E-state index is 0.125. The molecule has 1 heterocycles. The van der Waals surface area contributed by atoms with E-state index in [4.69, 9.17) is 0 Å². The van der Waals surface area contributed by atoms with Crippen molar-refractivity contribution in [1.82, 2.24) is 4.98 Å². The number of Topliss-reactive ketones (excluding diaryl/α,β-unsaturated/α-hetero) is 1. The van der Waals surface area contributed by atoms with Crippen molar-refractivity contribution >= 4 is 5.78 Å². The molecule has 0 spiro atoms. The van der Waals surface area contributed by atoms with Crippen LogP contribution in [0, 0.1) is 6.92 Å². The van der Waals surface area contributed by atoms with E-state index in [1.807, 2.05) is 49.4 Å². The smallest absolute Gasteiger partial charge is 0.159 e. The Morgan fingerprint density at radius 3 is 1.88 bits per heavy atom. The number of ketones is 1. The van der Waals surface area contributed by atoms with Gasteiger partial charge < -0.3 is 0 Å². The summed E-state index contributed by atoms with van der Waals surface area (Å²) in [5, 5.41) is 0. The molecule has 2 nitrogen and oxygen atoms in total. The Balaban J connectivity index is 0.000000181. The van der Waals surface area contributed by atoms with Crippen LogP contribution in [-0.2, 0) is 0 Å². The molecule has 16 heavy (non-hydrogen) atoms. The van der Waals surface area contributed by atoms with Gasteiger partial charge in [0.05, 0.1) is 0 Å². The van der Waals surface area contributed by atoms with E-state index in [1.165, 1.54) is 5.56 Å². The maximum atomic E-state index is 10.8. The average molecular weight is 213 g/mol. The lowest BCUT2D eigenvalue weighted by atomic mass is 10.1. The molecule has 0 N–H and O–H groups in total. The van der Waals surface area contributed by atoms with Gasteiger partial charge in [-0.2, -0.15) is 0 Å². The van der Waals surface area contributed by atoms with Gasteiger partial charge in [-0.3, -0.25) is 9.78 Å². The van der Waals surface area contributed by atoms with Crippen molar-refractivity contribution in [2.24, 2.45) is 0 Å². The molecule has 0 saturated heterocycles. The predicted molar refractivity (Wildman–Crippen MR) is 65.4 cm³/mol. The van der Waals surface area contributed by atoms with Crippen LogP contribution >= 0.6 is 0 Å². The number of benzene rings is 1. The van der Waals surface area contributed by atoms with Gasteiger partial charge in [-0.25, -0.2) is 0 Å². The molecule has 0 fully saturated rings. The molecular formula is C14H15NO. The first-order chi connectivity index (χ1) is 7.70. The SMILES string of the molecule is CC(=O)c1ccc(C)cc1.c1ccncc1. The van der Waals surface area contributed by atoms with Crippen molar-refractivity contribution in [3.63, 3.8) is 0 Å². The van der Waals surface area contributed by atoms with Crippen LogP contribution in [0.3, 0.4) is 0 Å². The van der Waals surface area contributed by atoms with Gasteiger partial charge in [0.25, 0.3) is 0 Å². The molecule has 0 unspecified atom stereocenters. The first kappa shape index (κ1) is 12.1. The Labute approximate surface area is 96.0 Å². The van der Waals surface area contributed by atoms with Crippen LogP contribution in [0.5, 0.6) is 0 Å². The molecule has 0 aliphatic rings. The van der Waals surface area contributed by atoms with Crippen LogP contribution in [0.15, 0.2) is 54.9 Å². The van der Waals surface area contributed by atoms with E-state index in [1.54, 1.807) is 19.3 Å². The number of rotatable bonds is 1. The van der Waals surface area contributed by atoms with E-state index < -0.39 is 0 Å². The van der Waals surface area contributed by atoms with Crippen LogP contribution in [0.4, 0.5) is 0 Å². The highest BCUT2D eigenvalue weighted by atomic mass is 16.1. The Morgan fingerprint density at radius 1 is 1.00 bits per heavy atom. The van der Waals surface area contributed by atoms with Gasteiger partial charge in [0.2, 0.25) is 0 Å². The average Bonchev–Trinajstić information content (AvgIpc) is 2.32. The zero-order valence-corrected chi connectivity index (χ0v) is 9.55. The predicted octanol–water partition coefficient (Wildman–Crippen LogP) is 3.28. The van der Waals surface area contributed by atoms with Crippen molar-refractivity contribution in [2.45, 2.75) is 13.8 Å². The molecule has 0 saturated carbocycles. The zero-order valence-electron chi connectivity index (χ0n) is 9.55. The first-order valence-corrected chi connectivity index (χ1v) is 5.13. The number of carbonyl (C=O) groups is 1. The third-order valence-corrected chi connectivity index (χ3v) is 2.02. The van der Waals surface area contributed by atoms with Crippen molar-refractivity contribution in [2.75, 3.05) is 0 Å². The summed E-state index contributed by atoms with van der Waals surface area (Å²) in [6.07, 6.45) is 3.50. The Hall–Kier alpha value is -1.96. The summed E-state index contributed by atoms with van der Waals surface area (Å²) in [6.45, 7) is 3.58. The van der Waals surface area contributed by atoms with Crippen molar-refractivity contribution in [3.8, 4) is 0 Å². The van der Waals surface area contributed by atoms with Crippen LogP contribution in [-0.4, -0.2) is 10.8 Å². The highest BCUT2D eigenvalue weighted by molar-refractivity contribution is 5.93. The summed E-state index contributed by atoms with van der Waals surface area (Å²) in [4.78, 5) is 14.5. The number of pyridine rings is 1. The van der Waals surface area contributed by atoms with Crippen molar-refractivity contribution in [1.29, 1.82) is 0 Å². The quantitative estimate of drug-likeness (QED) is 0.680. The van der Waals surface area contributed by atoms with E-state index >= 15 is 0 Å². The summed E-state index contributed by atoms with van der Waals surface area (Å²) >= 11 is 0. The molecule has 2 rings (SSSR count). The van der Waals surface area contributed by atoms with Gasteiger partial charge in [0.1, 0.15) is 0 Å². The van der Waals surface area contributed by atoms with Crippen LogP contribution in [0.2, 0.25) is 0 Å². The second-order valence-corrected chi connectivity index (χ2v) is 3.45. The lowest BCUT2D eigenvalue weighted by molar-refractivity contribution is 0.101. The van der Waals surface area contributed by atoms with Gasteiger partial charge in [0, 0.05) is 18.0 Å². The Bertz CT molecular complexity index is 394. The molecule has 0 aliphatic carbocycles. The summed E-state index contributed by atoms with van der Waals surface area (Å²) in [5.41, 5.74) is 1.97. The van der Waals surface area contributed by atoms with E-state index in [-0.39, 0.29) is 5.78 Å². The molecule has 0 radical (unpaired) electrons. The largest absolute Gasteiger partial charge is 0.295 e.